The van der Waals surface area contributed by atoms with Crippen LogP contribution in [0.15, 0.2) is 190 Å². The van der Waals surface area contributed by atoms with Gasteiger partial charge in [-0.05, 0) is 152 Å². The van der Waals surface area contributed by atoms with Crippen molar-refractivity contribution in [3.05, 3.63) is 235 Å². The van der Waals surface area contributed by atoms with Crippen molar-refractivity contribution in [1.82, 2.24) is 108 Å². The molecule has 4 amide bonds. The average Bonchev–Trinajstić information content (AvgIpc) is 1.71. The normalized spacial score (nSPS) is 17.7. The summed E-state index contributed by atoms with van der Waals surface area (Å²) in [6.07, 6.45) is 24.0. The van der Waals surface area contributed by atoms with Gasteiger partial charge in [0, 0.05) is 123 Å². The van der Waals surface area contributed by atoms with Crippen molar-refractivity contribution in [2.45, 2.75) is 140 Å². The van der Waals surface area contributed by atoms with Crippen LogP contribution >= 0.6 is 0 Å². The Morgan fingerprint density at radius 3 is 1.02 bits per heavy atom. The summed E-state index contributed by atoms with van der Waals surface area (Å²) in [5.74, 6) is 3.43. The minimum Gasteiger partial charge on any atom is -0.391 e. The average molecular weight is 1760 g/mol. The first kappa shape index (κ1) is 88.6. The lowest BCUT2D eigenvalue weighted by atomic mass is 9.89. The van der Waals surface area contributed by atoms with E-state index in [9.17, 15) is 43.5 Å². The van der Waals surface area contributed by atoms with Crippen LogP contribution in [0.2, 0.25) is 0 Å². The molecule has 670 valence electrons. The van der Waals surface area contributed by atoms with Crippen LogP contribution in [-0.4, -0.2) is 213 Å². The highest BCUT2D eigenvalue weighted by atomic mass is 16.5. The maximum atomic E-state index is 13.1. The summed E-state index contributed by atoms with van der Waals surface area (Å²) in [7, 11) is 11.9. The molecule has 0 radical (unpaired) electrons. The van der Waals surface area contributed by atoms with Crippen LogP contribution in [0, 0.1) is 0 Å². The summed E-state index contributed by atoms with van der Waals surface area (Å²) < 4.78 is 28.5. The Morgan fingerprint density at radius 2 is 0.729 bits per heavy atom. The van der Waals surface area contributed by atoms with E-state index in [1.54, 1.807) is 207 Å². The number of nitrogens with zero attached hydrogens (tertiary/aromatic N) is 18. The quantitative estimate of drug-likeness (QED) is 0.0235. The van der Waals surface area contributed by atoms with E-state index in [0.717, 1.165) is 44.9 Å². The van der Waals surface area contributed by atoms with Gasteiger partial charge in [0.1, 0.15) is 97.4 Å². The summed E-state index contributed by atoms with van der Waals surface area (Å²) in [5, 5.41) is 63.3. The Hall–Kier alpha value is -15.3. The fourth-order valence-corrected chi connectivity index (χ4v) is 15.0. The lowest BCUT2D eigenvalue weighted by Crippen LogP contribution is -2.51. The fraction of sp³-hybridized carbons (Fsp3) is 0.333. The van der Waals surface area contributed by atoms with E-state index < -0.39 is 6.10 Å². The molecule has 18 rings (SSSR count). The minimum absolute atomic E-state index is 0.0169. The highest BCUT2D eigenvalue weighted by molar-refractivity contribution is 6.03. The van der Waals surface area contributed by atoms with Gasteiger partial charge < -0.3 is 92.3 Å². The van der Waals surface area contributed by atoms with E-state index in [1.165, 1.54) is 38.4 Å². The summed E-state index contributed by atoms with van der Waals surface area (Å²) in [6, 6.07) is 29.4. The molecule has 14 aromatic heterocycles. The van der Waals surface area contributed by atoms with E-state index in [-0.39, 0.29) is 100 Å². The minimum atomic E-state index is -0.518. The first-order valence-corrected chi connectivity index (χ1v) is 42.0. The molecule has 0 aromatic carbocycles. The van der Waals surface area contributed by atoms with Gasteiger partial charge in [-0.15, -0.1) is 0 Å². The van der Waals surface area contributed by atoms with Crippen LogP contribution in [0.1, 0.15) is 133 Å². The number of aliphatic hydroxyl groups is 1. The summed E-state index contributed by atoms with van der Waals surface area (Å²) >= 11 is 0. The number of aliphatic hydroxyl groups excluding tert-OH is 1. The SMILES string of the molecule is CNc1cc(Nc2cccn(-c3ccccn3)c2=O)nc2c(C(=O)N[C@@H]3CC[C@H]3OC)cnn12.CNc1cc(Nc2cccn(-c3cccnc3)c2=O)nc2c(C(=O)N[C@H]3CC[C@@H]3OC)cnn12.CNc1cc(Nc2cccn(C(C)C)c2=O)nc2c(C(=O)N[C@@H]3CC[C@H]3O)cnn12.CNc1cc(Nc2cccn(C(C)C)c2=O)nc2c(C(=O)N[C@@H]3CC[C@H]3OC)cnn12. The molecule has 4 aliphatic rings. The third-order valence-corrected chi connectivity index (χ3v) is 22.8. The summed E-state index contributed by atoms with van der Waals surface area (Å²) in [4.78, 5) is 130. The van der Waals surface area contributed by atoms with E-state index in [4.69, 9.17) is 14.2 Å². The van der Waals surface area contributed by atoms with E-state index in [2.05, 4.69) is 114 Å². The van der Waals surface area contributed by atoms with Crippen LogP contribution in [0.4, 0.5) is 69.3 Å². The molecule has 0 unspecified atom stereocenters. The number of nitrogens with one attached hydrogen (secondary N) is 12. The molecule has 4 fully saturated rings. The highest BCUT2D eigenvalue weighted by Gasteiger charge is 2.37. The monoisotopic (exact) mass is 1760 g/mol. The lowest BCUT2D eigenvalue weighted by molar-refractivity contribution is 0.00731. The van der Waals surface area contributed by atoms with Gasteiger partial charge in [-0.25, -0.2) is 24.9 Å². The first-order chi connectivity index (χ1) is 62.5. The number of hydrogen-bond acceptors (Lipinski definition) is 30. The molecule has 0 bridgehead atoms. The molecule has 42 heteroatoms. The molecule has 0 aliphatic heterocycles. The van der Waals surface area contributed by atoms with Gasteiger partial charge in [0.05, 0.1) is 85.3 Å². The Morgan fingerprint density at radius 1 is 0.388 bits per heavy atom. The second kappa shape index (κ2) is 39.1. The smallest absolute Gasteiger partial charge is 0.279 e. The summed E-state index contributed by atoms with van der Waals surface area (Å²) in [5.41, 5.74) is 4.00. The Balaban J connectivity index is 0.000000132. The molecule has 4 saturated carbocycles. The number of methoxy groups -OCH3 is 3. The predicted molar refractivity (Wildman–Crippen MR) is 485 cm³/mol. The van der Waals surface area contributed by atoms with Crippen LogP contribution in [0.25, 0.3) is 34.1 Å². The largest absolute Gasteiger partial charge is 0.391 e. The number of pyridine rings is 6. The van der Waals surface area contributed by atoms with Gasteiger partial charge in [0.25, 0.3) is 45.9 Å². The maximum absolute atomic E-state index is 13.1. The van der Waals surface area contributed by atoms with Crippen molar-refractivity contribution < 1.29 is 38.5 Å². The number of carbonyl (C=O) groups excluding carboxylic acids is 4. The van der Waals surface area contributed by atoms with Crippen LogP contribution in [0.3, 0.4) is 0 Å². The zero-order valence-corrected chi connectivity index (χ0v) is 72.6. The number of hydrogen-bond donors (Lipinski definition) is 13. The van der Waals surface area contributed by atoms with Crippen molar-refractivity contribution in [3.8, 4) is 11.5 Å². The second-order valence-electron chi connectivity index (χ2n) is 31.3. The number of rotatable bonds is 27. The summed E-state index contributed by atoms with van der Waals surface area (Å²) in [6.45, 7) is 7.76. The molecule has 14 heterocycles. The first-order valence-electron chi connectivity index (χ1n) is 42.0. The third-order valence-electron chi connectivity index (χ3n) is 22.8. The molecule has 129 heavy (non-hydrogen) atoms. The van der Waals surface area contributed by atoms with E-state index in [1.807, 2.05) is 39.8 Å². The van der Waals surface area contributed by atoms with Crippen LogP contribution in [-0.2, 0) is 14.2 Å². The van der Waals surface area contributed by atoms with Crippen LogP contribution in [0.5, 0.6) is 0 Å². The fourth-order valence-electron chi connectivity index (χ4n) is 15.0. The Kier molecular flexibility index (Phi) is 26.8. The predicted octanol–water partition coefficient (Wildman–Crippen LogP) is 7.61. The van der Waals surface area contributed by atoms with Gasteiger partial charge in [0.15, 0.2) is 22.6 Å². The molecular formula is C87H100N30O12. The Labute approximate surface area is 736 Å². The van der Waals surface area contributed by atoms with Crippen molar-refractivity contribution >= 4 is 116 Å². The molecular weight excluding hydrogens is 1660 g/mol. The van der Waals surface area contributed by atoms with Crippen molar-refractivity contribution in [2.24, 2.45) is 0 Å². The maximum Gasteiger partial charge on any atom is 0.279 e. The number of aromatic nitrogens is 18. The molecule has 13 N–H and O–H groups in total. The van der Waals surface area contributed by atoms with E-state index in [0.29, 0.717) is 132 Å². The number of ether oxygens (including phenoxy) is 3. The van der Waals surface area contributed by atoms with Gasteiger partial charge in [0.2, 0.25) is 0 Å². The molecule has 4 aliphatic carbocycles. The third kappa shape index (κ3) is 18.8. The van der Waals surface area contributed by atoms with E-state index >= 15 is 0 Å². The standard InChI is InChI=1S/2C23H24N8O3.C21H27N7O3.C20H25N7O3/c1-24-20-11-19(27-17-6-4-10-30(23(17)33)14-5-3-9-25-12-14)29-21-15(13-26-31(20)21)22(32)28-16-7-8-18(16)34-2;1-24-20-12-18(27-16-6-5-11-30(23(16)33)19-7-3-4-10-25-19)29-21-14(13-26-31(20)21)22(32)28-15-8-9-17(15)34-2;1-12(2)27-9-5-6-15(21(27)30)24-17-10-18(22-3)28-19(26-17)13(11-23-28)20(29)25-14-7-8-16(14)31-4;1-11(2)26-8-4-5-14(20(26)30)23-16-9-17(21-3)27-18(25-16)12(10-22-27)19(29)24-13-6-7-15(13)28/h3-6,9-13,16,18,24H,7-8H2,1-2H3,(H,27,29)(H,28,32);3-7,10-13,15,17,24H,8-9H2,1-2H3,(H,27,29)(H,28,32);5-6,9-12,14,16,22H,7-8H2,1-4H3,(H,24,26)(H,25,29);4-5,8-11,13,15,21,28H,6-7H2,1-3H3,(H,23,25)(H,24,29)/t16-,18-;15-,17-;14-,16-;13-,15-/m0111/s1. The molecule has 0 spiro atoms. The zero-order valence-electron chi connectivity index (χ0n) is 72.6. The van der Waals surface area contributed by atoms with Gasteiger partial charge in [-0.1, -0.05) is 6.07 Å². The van der Waals surface area contributed by atoms with Crippen LogP contribution < -0.4 is 86.0 Å². The molecule has 14 aromatic rings. The van der Waals surface area contributed by atoms with Gasteiger partial charge >= 0.3 is 0 Å². The topological polar surface area (TPSA) is 495 Å². The number of carbonyl (C=O) groups is 4. The highest BCUT2D eigenvalue weighted by Crippen LogP contribution is 2.31. The van der Waals surface area contributed by atoms with Gasteiger partial charge in [-0.3, -0.25) is 52.5 Å². The van der Waals surface area contributed by atoms with Gasteiger partial charge in [-0.2, -0.15) is 38.5 Å². The zero-order chi connectivity index (χ0) is 90.8. The molecule has 8 atom stereocenters. The number of fused-ring (bicyclic) bond motifs is 4. The van der Waals surface area contributed by atoms with Crippen molar-refractivity contribution in [2.75, 3.05) is 92.1 Å². The molecule has 0 saturated heterocycles. The second-order valence-corrected chi connectivity index (χ2v) is 31.3. The van der Waals surface area contributed by atoms with Crippen molar-refractivity contribution in [1.29, 1.82) is 0 Å². The number of amides is 4. The molecule has 42 nitrogen and oxygen atoms in total. The lowest BCUT2D eigenvalue weighted by Gasteiger charge is -2.35. The number of anilines is 12. The van der Waals surface area contributed by atoms with Crippen molar-refractivity contribution in [3.63, 3.8) is 0 Å². The Bertz CT molecular complexity index is 6480.